The van der Waals surface area contributed by atoms with Crippen LogP contribution in [0.1, 0.15) is 67.7 Å². The van der Waals surface area contributed by atoms with Crippen LogP contribution in [0.3, 0.4) is 0 Å². The molecule has 1 aliphatic rings. The predicted octanol–water partition coefficient (Wildman–Crippen LogP) is 6.12. The van der Waals surface area contributed by atoms with E-state index in [1.165, 1.54) is 12.7 Å². The first kappa shape index (κ1) is 24.0. The normalized spacial score (nSPS) is 15.6. The Bertz CT molecular complexity index is 1030. The van der Waals surface area contributed by atoms with Gasteiger partial charge in [0.2, 0.25) is 0 Å². The summed E-state index contributed by atoms with van der Waals surface area (Å²) in [7, 11) is 1.36. The van der Waals surface area contributed by atoms with E-state index in [9.17, 15) is 14.4 Å². The van der Waals surface area contributed by atoms with Crippen molar-refractivity contribution in [3.05, 3.63) is 93.6 Å². The molecule has 4 heteroatoms. The molecule has 0 N–H and O–H groups in total. The van der Waals surface area contributed by atoms with E-state index in [2.05, 4.69) is 10.8 Å². The maximum Gasteiger partial charge on any atom is 0.333 e. The fourth-order valence-corrected chi connectivity index (χ4v) is 3.34. The number of methoxy groups -OCH3 is 1. The van der Waals surface area contributed by atoms with Crippen molar-refractivity contribution in [1.29, 1.82) is 0 Å². The molecule has 0 heterocycles. The molecule has 0 unspecified atom stereocenters. The molecule has 1 aliphatic carbocycles. The third kappa shape index (κ3) is 6.35. The SMILES string of the molecule is COC(=O)/C(C)=C/C=C/C(C)=C/CC/C(C)=C/CC1=C(C)C(=O)c2ccccc2C1=O. The second-order valence-electron chi connectivity index (χ2n) is 7.75. The number of hydrogen-bond donors (Lipinski definition) is 0. The van der Waals surface area contributed by atoms with Gasteiger partial charge in [-0.25, -0.2) is 4.79 Å². The highest BCUT2D eigenvalue weighted by atomic mass is 16.5. The van der Waals surface area contributed by atoms with Crippen LogP contribution >= 0.6 is 0 Å². The fourth-order valence-electron chi connectivity index (χ4n) is 3.34. The fraction of sp³-hybridized carbons (Fsp3) is 0.296. The number of allylic oxidation sites excluding steroid dienone is 9. The van der Waals surface area contributed by atoms with E-state index >= 15 is 0 Å². The van der Waals surface area contributed by atoms with E-state index in [-0.39, 0.29) is 17.5 Å². The largest absolute Gasteiger partial charge is 0.466 e. The third-order valence-corrected chi connectivity index (χ3v) is 5.36. The minimum absolute atomic E-state index is 0.0482. The molecule has 2 rings (SSSR count). The zero-order valence-corrected chi connectivity index (χ0v) is 19.0. The number of ether oxygens (including phenoxy) is 1. The van der Waals surface area contributed by atoms with E-state index in [1.54, 1.807) is 44.2 Å². The molecule has 1 aromatic rings. The van der Waals surface area contributed by atoms with Crippen LogP contribution < -0.4 is 0 Å². The first-order valence-electron chi connectivity index (χ1n) is 10.4. The number of hydrogen-bond acceptors (Lipinski definition) is 4. The number of ketones is 2. The molecule has 0 fully saturated rings. The maximum absolute atomic E-state index is 12.8. The highest BCUT2D eigenvalue weighted by molar-refractivity contribution is 6.26. The highest BCUT2D eigenvalue weighted by Gasteiger charge is 2.28. The summed E-state index contributed by atoms with van der Waals surface area (Å²) in [6.45, 7) is 7.50. The summed E-state index contributed by atoms with van der Waals surface area (Å²) in [5.74, 6) is -0.440. The second-order valence-corrected chi connectivity index (χ2v) is 7.75. The van der Waals surface area contributed by atoms with E-state index in [0.717, 1.165) is 18.4 Å². The Morgan fingerprint density at radius 1 is 1.00 bits per heavy atom. The minimum atomic E-state index is -0.334. The summed E-state index contributed by atoms with van der Waals surface area (Å²) < 4.78 is 4.66. The van der Waals surface area contributed by atoms with Gasteiger partial charge in [-0.15, -0.1) is 0 Å². The van der Waals surface area contributed by atoms with Crippen LogP contribution in [0.15, 0.2) is 82.5 Å². The Kier molecular flexibility index (Phi) is 8.68. The lowest BCUT2D eigenvalue weighted by Gasteiger charge is -2.18. The molecule has 0 spiro atoms. The van der Waals surface area contributed by atoms with E-state index in [4.69, 9.17) is 0 Å². The quantitative estimate of drug-likeness (QED) is 0.221. The topological polar surface area (TPSA) is 60.4 Å². The van der Waals surface area contributed by atoms with Gasteiger partial charge in [0.05, 0.1) is 7.11 Å². The van der Waals surface area contributed by atoms with Gasteiger partial charge in [-0.2, -0.15) is 0 Å². The monoisotopic (exact) mass is 418 g/mol. The van der Waals surface area contributed by atoms with Gasteiger partial charge in [-0.05, 0) is 47.0 Å². The lowest BCUT2D eigenvalue weighted by molar-refractivity contribution is -0.136. The van der Waals surface area contributed by atoms with Crippen molar-refractivity contribution in [3.63, 3.8) is 0 Å². The van der Waals surface area contributed by atoms with E-state index < -0.39 is 0 Å². The summed E-state index contributed by atoms with van der Waals surface area (Å²) >= 11 is 0. The van der Waals surface area contributed by atoms with Gasteiger partial charge in [0.15, 0.2) is 11.6 Å². The van der Waals surface area contributed by atoms with Crippen molar-refractivity contribution >= 4 is 17.5 Å². The lowest BCUT2D eigenvalue weighted by Crippen LogP contribution is -2.20. The number of esters is 1. The summed E-state index contributed by atoms with van der Waals surface area (Å²) in [6.07, 6.45) is 11.9. The molecular formula is C27H30O4. The van der Waals surface area contributed by atoms with Crippen LogP contribution in [0.5, 0.6) is 0 Å². The van der Waals surface area contributed by atoms with Crippen LogP contribution in [0.2, 0.25) is 0 Å². The standard InChI is InChI=1S/C27H30O4/c1-18(12-9-13-20(3)27(30)31-5)10-8-11-19(2)16-17-22-21(4)25(28)23-14-6-7-15-24(23)26(22)29/h6-7,9-10,12-16H,8,11,17H2,1-5H3/b12-9+,18-10+,19-16+,20-13+. The molecule has 1 aromatic carbocycles. The zero-order chi connectivity index (χ0) is 23.0. The molecule has 0 aromatic heterocycles. The van der Waals surface area contributed by atoms with Crippen molar-refractivity contribution in [2.24, 2.45) is 0 Å². The second kappa shape index (κ2) is 11.2. The molecular weight excluding hydrogens is 388 g/mol. The maximum atomic E-state index is 12.8. The third-order valence-electron chi connectivity index (χ3n) is 5.36. The number of Topliss-reactive ketones (excluding diaryl/α,β-unsaturated/α-hetero) is 2. The molecule has 0 saturated heterocycles. The predicted molar refractivity (Wildman–Crippen MR) is 124 cm³/mol. The zero-order valence-electron chi connectivity index (χ0n) is 19.0. The van der Waals surface area contributed by atoms with Crippen molar-refractivity contribution < 1.29 is 19.1 Å². The Morgan fingerprint density at radius 2 is 1.65 bits per heavy atom. The Hall–Kier alpha value is -3.27. The van der Waals surface area contributed by atoms with Gasteiger partial charge in [0, 0.05) is 27.8 Å². The average Bonchev–Trinajstić information content (AvgIpc) is 2.76. The first-order valence-corrected chi connectivity index (χ1v) is 10.4. The number of benzene rings is 1. The molecule has 0 bridgehead atoms. The van der Waals surface area contributed by atoms with Gasteiger partial charge in [-0.1, -0.05) is 65.8 Å². The Balaban J connectivity index is 1.95. The summed E-state index contributed by atoms with van der Waals surface area (Å²) in [5.41, 5.74) is 4.96. The first-order chi connectivity index (χ1) is 14.8. The van der Waals surface area contributed by atoms with Gasteiger partial charge in [0.25, 0.3) is 0 Å². The van der Waals surface area contributed by atoms with E-state index in [0.29, 0.717) is 34.3 Å². The van der Waals surface area contributed by atoms with E-state index in [1.807, 2.05) is 32.1 Å². The molecule has 0 amide bonds. The number of carbonyl (C=O) groups is 3. The van der Waals surface area contributed by atoms with Crippen LogP contribution in [0, 0.1) is 0 Å². The smallest absolute Gasteiger partial charge is 0.333 e. The Labute approximate surface area is 184 Å². The van der Waals surface area contributed by atoms with Crippen LogP contribution in [-0.4, -0.2) is 24.6 Å². The minimum Gasteiger partial charge on any atom is -0.466 e. The number of rotatable bonds is 8. The molecule has 4 nitrogen and oxygen atoms in total. The highest BCUT2D eigenvalue weighted by Crippen LogP contribution is 2.28. The lowest BCUT2D eigenvalue weighted by atomic mass is 9.83. The van der Waals surface area contributed by atoms with Gasteiger partial charge < -0.3 is 4.74 Å². The molecule has 162 valence electrons. The van der Waals surface area contributed by atoms with Crippen molar-refractivity contribution in [2.45, 2.75) is 47.0 Å². The Morgan fingerprint density at radius 3 is 2.29 bits per heavy atom. The molecule has 0 saturated carbocycles. The van der Waals surface area contributed by atoms with Crippen molar-refractivity contribution in [3.8, 4) is 0 Å². The van der Waals surface area contributed by atoms with Crippen LogP contribution in [-0.2, 0) is 9.53 Å². The van der Waals surface area contributed by atoms with Crippen LogP contribution in [0.4, 0.5) is 0 Å². The van der Waals surface area contributed by atoms with Gasteiger partial charge in [-0.3, -0.25) is 9.59 Å². The van der Waals surface area contributed by atoms with Gasteiger partial charge in [0.1, 0.15) is 0 Å². The molecule has 0 aliphatic heterocycles. The van der Waals surface area contributed by atoms with Crippen molar-refractivity contribution in [1.82, 2.24) is 0 Å². The number of fused-ring (bicyclic) bond motifs is 1. The molecule has 0 atom stereocenters. The average molecular weight is 419 g/mol. The number of carbonyl (C=O) groups excluding carboxylic acids is 3. The van der Waals surface area contributed by atoms with Crippen LogP contribution in [0.25, 0.3) is 0 Å². The summed E-state index contributed by atoms with van der Waals surface area (Å²) in [5, 5.41) is 0. The summed E-state index contributed by atoms with van der Waals surface area (Å²) in [6, 6.07) is 7.01. The molecule has 0 radical (unpaired) electrons. The summed E-state index contributed by atoms with van der Waals surface area (Å²) in [4.78, 5) is 36.7. The molecule has 31 heavy (non-hydrogen) atoms. The van der Waals surface area contributed by atoms with Crippen molar-refractivity contribution in [2.75, 3.05) is 7.11 Å². The van der Waals surface area contributed by atoms with Gasteiger partial charge >= 0.3 is 5.97 Å².